The highest BCUT2D eigenvalue weighted by Crippen LogP contribution is 2.18. The van der Waals surface area contributed by atoms with Gasteiger partial charge in [-0.3, -0.25) is 4.79 Å². The average Bonchev–Trinajstić information content (AvgIpc) is 2.55. The number of nitrogens with zero attached hydrogens (tertiary/aromatic N) is 1. The smallest absolute Gasteiger partial charge is 0.243 e. The van der Waals surface area contributed by atoms with Crippen LogP contribution < -0.4 is 5.32 Å². The second-order valence-electron chi connectivity index (χ2n) is 5.56. The molecule has 5 nitrogen and oxygen atoms in total. The lowest BCUT2D eigenvalue weighted by Gasteiger charge is -2.19. The number of amides is 1. The van der Waals surface area contributed by atoms with Gasteiger partial charge in [0.25, 0.3) is 0 Å². The maximum absolute atomic E-state index is 12.5. The summed E-state index contributed by atoms with van der Waals surface area (Å²) in [6.45, 7) is 1.57. The number of hydrogen-bond acceptors (Lipinski definition) is 3. The summed E-state index contributed by atoms with van der Waals surface area (Å²) in [6.07, 6.45) is 0. The number of halogens is 2. The molecule has 0 spiro atoms. The minimum Gasteiger partial charge on any atom is -0.348 e. The Hall–Kier alpha value is -1.41. The normalized spacial score (nSPS) is 12.8. The fourth-order valence-electron chi connectivity index (χ4n) is 2.20. The quantitative estimate of drug-likeness (QED) is 0.739. The van der Waals surface area contributed by atoms with Crippen molar-refractivity contribution in [3.8, 4) is 0 Å². The van der Waals surface area contributed by atoms with Crippen molar-refractivity contribution in [3.05, 3.63) is 63.6 Å². The zero-order valence-electron chi connectivity index (χ0n) is 13.7. The molecule has 1 atom stereocenters. The largest absolute Gasteiger partial charge is 0.348 e. The summed E-state index contributed by atoms with van der Waals surface area (Å²) >= 11 is 9.13. The Balaban J connectivity index is 2.01. The molecule has 8 heteroatoms. The predicted octanol–water partition coefficient (Wildman–Crippen LogP) is 3.60. The molecule has 0 aromatic heterocycles. The second kappa shape index (κ2) is 8.31. The van der Waals surface area contributed by atoms with Gasteiger partial charge in [0.05, 0.1) is 17.5 Å². The Bertz CT molecular complexity index is 839. The van der Waals surface area contributed by atoms with Crippen molar-refractivity contribution in [3.63, 3.8) is 0 Å². The van der Waals surface area contributed by atoms with Gasteiger partial charge >= 0.3 is 0 Å². The summed E-state index contributed by atoms with van der Waals surface area (Å²) in [5, 5.41) is 3.24. The fraction of sp³-hybridized carbons (Fsp3) is 0.235. The van der Waals surface area contributed by atoms with Crippen LogP contribution in [-0.2, 0) is 14.8 Å². The van der Waals surface area contributed by atoms with E-state index in [0.717, 1.165) is 14.3 Å². The molecule has 0 fully saturated rings. The van der Waals surface area contributed by atoms with E-state index in [9.17, 15) is 13.2 Å². The summed E-state index contributed by atoms with van der Waals surface area (Å²) in [6, 6.07) is 13.1. The van der Waals surface area contributed by atoms with Crippen LogP contribution in [0.5, 0.6) is 0 Å². The van der Waals surface area contributed by atoms with Gasteiger partial charge in [-0.1, -0.05) is 39.7 Å². The SMILES string of the molecule is C[C@@H](NC(=O)CN(C)S(=O)(=O)c1ccc(Cl)cc1)c1ccc(Br)cc1. The van der Waals surface area contributed by atoms with Crippen molar-refractivity contribution in [2.45, 2.75) is 17.9 Å². The number of sulfonamides is 1. The van der Waals surface area contributed by atoms with E-state index in [0.29, 0.717) is 5.02 Å². The van der Waals surface area contributed by atoms with Crippen LogP contribution in [0.3, 0.4) is 0 Å². The van der Waals surface area contributed by atoms with E-state index in [1.54, 1.807) is 0 Å². The molecular formula is C17H18BrClN2O3S. The predicted molar refractivity (Wildman–Crippen MR) is 102 cm³/mol. The van der Waals surface area contributed by atoms with Crippen LogP contribution in [0.4, 0.5) is 0 Å². The van der Waals surface area contributed by atoms with Crippen LogP contribution in [-0.4, -0.2) is 32.2 Å². The molecule has 134 valence electrons. The van der Waals surface area contributed by atoms with E-state index in [1.807, 2.05) is 31.2 Å². The first-order valence-corrected chi connectivity index (χ1v) is 10.1. The van der Waals surface area contributed by atoms with Gasteiger partial charge in [0.1, 0.15) is 0 Å². The Kier molecular flexibility index (Phi) is 6.62. The van der Waals surface area contributed by atoms with E-state index in [-0.39, 0.29) is 23.4 Å². The molecule has 0 saturated carbocycles. The topological polar surface area (TPSA) is 66.5 Å². The molecule has 2 rings (SSSR count). The van der Waals surface area contributed by atoms with Gasteiger partial charge in [-0.05, 0) is 48.9 Å². The third kappa shape index (κ3) is 5.28. The van der Waals surface area contributed by atoms with Crippen molar-refractivity contribution < 1.29 is 13.2 Å². The Morgan fingerprint density at radius 2 is 1.72 bits per heavy atom. The Labute approximate surface area is 161 Å². The number of carbonyl (C=O) groups excluding carboxylic acids is 1. The maximum Gasteiger partial charge on any atom is 0.243 e. The average molecular weight is 446 g/mol. The minimum atomic E-state index is -3.75. The zero-order chi connectivity index (χ0) is 18.6. The van der Waals surface area contributed by atoms with Crippen LogP contribution in [0.25, 0.3) is 0 Å². The molecule has 2 aromatic rings. The first-order chi connectivity index (χ1) is 11.7. The molecule has 0 aliphatic rings. The van der Waals surface area contributed by atoms with E-state index in [4.69, 9.17) is 11.6 Å². The van der Waals surface area contributed by atoms with E-state index in [1.165, 1.54) is 31.3 Å². The number of nitrogens with one attached hydrogen (secondary N) is 1. The summed E-state index contributed by atoms with van der Waals surface area (Å²) < 4.78 is 26.9. The van der Waals surface area contributed by atoms with Crippen molar-refractivity contribution in [1.82, 2.24) is 9.62 Å². The summed E-state index contributed by atoms with van der Waals surface area (Å²) in [4.78, 5) is 12.3. The molecule has 0 saturated heterocycles. The summed E-state index contributed by atoms with van der Waals surface area (Å²) in [5.74, 6) is -0.379. The van der Waals surface area contributed by atoms with Crippen molar-refractivity contribution in [1.29, 1.82) is 0 Å². The molecule has 0 aliphatic heterocycles. The van der Waals surface area contributed by atoms with Crippen molar-refractivity contribution >= 4 is 43.5 Å². The number of hydrogen-bond donors (Lipinski definition) is 1. The van der Waals surface area contributed by atoms with Gasteiger partial charge in [0, 0.05) is 16.5 Å². The van der Waals surface area contributed by atoms with E-state index < -0.39 is 10.0 Å². The molecule has 0 unspecified atom stereocenters. The second-order valence-corrected chi connectivity index (χ2v) is 8.95. The molecule has 25 heavy (non-hydrogen) atoms. The zero-order valence-corrected chi connectivity index (χ0v) is 16.9. The summed E-state index contributed by atoms with van der Waals surface area (Å²) in [7, 11) is -2.38. The molecule has 1 amide bonds. The highest BCUT2D eigenvalue weighted by Gasteiger charge is 2.23. The van der Waals surface area contributed by atoms with Gasteiger partial charge in [-0.2, -0.15) is 4.31 Å². The highest BCUT2D eigenvalue weighted by atomic mass is 79.9. The maximum atomic E-state index is 12.5. The van der Waals surface area contributed by atoms with E-state index in [2.05, 4.69) is 21.2 Å². The van der Waals surface area contributed by atoms with E-state index >= 15 is 0 Å². The highest BCUT2D eigenvalue weighted by molar-refractivity contribution is 9.10. The first-order valence-electron chi connectivity index (χ1n) is 7.47. The number of carbonyl (C=O) groups is 1. The third-order valence-electron chi connectivity index (χ3n) is 3.64. The third-order valence-corrected chi connectivity index (χ3v) is 6.23. The van der Waals surface area contributed by atoms with Crippen LogP contribution in [0, 0.1) is 0 Å². The lowest BCUT2D eigenvalue weighted by Crippen LogP contribution is -2.39. The number of benzene rings is 2. The molecule has 0 heterocycles. The lowest BCUT2D eigenvalue weighted by molar-refractivity contribution is -0.121. The van der Waals surface area contributed by atoms with Crippen LogP contribution in [0.2, 0.25) is 5.02 Å². The van der Waals surface area contributed by atoms with Gasteiger partial charge in [0.15, 0.2) is 0 Å². The van der Waals surface area contributed by atoms with Gasteiger partial charge in [-0.25, -0.2) is 8.42 Å². The van der Waals surface area contributed by atoms with Gasteiger partial charge in [0.2, 0.25) is 15.9 Å². The first kappa shape index (κ1) is 19.9. The standard InChI is InChI=1S/C17H18BrClN2O3S/c1-12(13-3-5-14(18)6-4-13)20-17(22)11-21(2)25(23,24)16-9-7-15(19)8-10-16/h3-10,12H,11H2,1-2H3,(H,20,22)/t12-/m1/s1. The lowest BCUT2D eigenvalue weighted by atomic mass is 10.1. The van der Waals surface area contributed by atoms with Gasteiger partial charge < -0.3 is 5.32 Å². The number of likely N-dealkylation sites (N-methyl/N-ethyl adjacent to an activating group) is 1. The Morgan fingerprint density at radius 1 is 1.16 bits per heavy atom. The summed E-state index contributed by atoms with van der Waals surface area (Å²) in [5.41, 5.74) is 0.930. The monoisotopic (exact) mass is 444 g/mol. The van der Waals surface area contributed by atoms with Crippen molar-refractivity contribution in [2.75, 3.05) is 13.6 Å². The van der Waals surface area contributed by atoms with Gasteiger partial charge in [-0.15, -0.1) is 0 Å². The van der Waals surface area contributed by atoms with Crippen LogP contribution >= 0.6 is 27.5 Å². The molecule has 0 bridgehead atoms. The van der Waals surface area contributed by atoms with Crippen molar-refractivity contribution in [2.24, 2.45) is 0 Å². The molecule has 0 aliphatic carbocycles. The van der Waals surface area contributed by atoms with Crippen LogP contribution in [0.1, 0.15) is 18.5 Å². The minimum absolute atomic E-state index is 0.0909. The molecular weight excluding hydrogens is 428 g/mol. The molecule has 1 N–H and O–H groups in total. The Morgan fingerprint density at radius 3 is 2.28 bits per heavy atom. The van der Waals surface area contributed by atoms with Crippen LogP contribution in [0.15, 0.2) is 57.9 Å². The fourth-order valence-corrected chi connectivity index (χ4v) is 3.71. The molecule has 0 radical (unpaired) electrons. The number of rotatable bonds is 6. The molecule has 2 aromatic carbocycles.